The van der Waals surface area contributed by atoms with Crippen LogP contribution in [0.15, 0.2) is 182 Å². The Balaban J connectivity index is 0.000000240. The van der Waals surface area contributed by atoms with Gasteiger partial charge < -0.3 is 100 Å². The maximum Gasteiger partial charge on any atom is 0.425 e. The molecule has 0 spiro atoms. The van der Waals surface area contributed by atoms with E-state index in [1.165, 1.54) is 119 Å². The van der Waals surface area contributed by atoms with E-state index in [2.05, 4.69) is 4.74 Å². The molecule has 15 N–H and O–H groups in total. The lowest BCUT2D eigenvalue weighted by molar-refractivity contribution is -0.203. The molecule has 141 heavy (non-hydrogen) atoms. The van der Waals surface area contributed by atoms with Gasteiger partial charge in [-0.1, -0.05) is 140 Å². The van der Waals surface area contributed by atoms with Crippen LogP contribution in [0.1, 0.15) is 200 Å². The number of phenols is 5. The second-order valence-electron chi connectivity index (χ2n) is 34.9. The molecule has 0 radical (unpaired) electrons. The van der Waals surface area contributed by atoms with Crippen LogP contribution in [-0.4, -0.2) is 244 Å². The average Bonchev–Trinajstić information content (AvgIpc) is 0.811. The van der Waals surface area contributed by atoms with Gasteiger partial charge in [-0.15, -0.1) is 0 Å². The Morgan fingerprint density at radius 3 is 0.950 bits per heavy atom. The molecule has 5 aliphatic rings. The molecular weight excluding hydrogens is 1860 g/mol. The highest BCUT2D eigenvalue weighted by Gasteiger charge is 2.44. The van der Waals surface area contributed by atoms with Gasteiger partial charge in [0, 0.05) is 18.3 Å². The first kappa shape index (κ1) is 115. The number of hydrogen-bond donors (Lipinski definition) is 15. The number of alkyl halides is 5. The lowest BCUT2D eigenvalue weighted by Crippen LogP contribution is -2.36. The number of halogens is 6. The first-order valence-corrected chi connectivity index (χ1v) is 44.6. The van der Waals surface area contributed by atoms with Gasteiger partial charge in [-0.3, -0.25) is 24.0 Å². The van der Waals surface area contributed by atoms with Crippen LogP contribution in [0.4, 0.5) is 26.3 Å². The number of hydrogen-bond acceptors (Lipinski definition) is 30. The number of cyclic esters (lactones) is 5. The van der Waals surface area contributed by atoms with Crippen LogP contribution in [0, 0.1) is 46.5 Å². The lowest BCUT2D eigenvalue weighted by Gasteiger charge is -2.25. The minimum absolute atomic E-state index is 0.00617. The monoisotopic (exact) mass is 1970 g/mol. The molecule has 5 heterocycles. The number of fused-ring (bicyclic) bond motifs is 5. The summed E-state index contributed by atoms with van der Waals surface area (Å²) in [6.07, 6.45) is -5.10. The minimum atomic E-state index is -4.92. The Kier molecular flexibility index (Phi) is 41.6. The number of aliphatic hydroxyl groups excluding tert-OH is 10. The SMILES string of the molecule is Cc1cc(O)c2c(c1)/C=C/C[C@H](O)[C@H](O)C(=O)/C(F)=C\[C@H](C)[C@H](C)OC2=O.Cc1cc(O)c2c(c1)/C=C/C[C@H](O)[C@H](O)C(=O)/C=C\C[C@H](C(F)(F)F)OC2=O.Cc1cc(O)c2c(c1)/C=C/C[C@H](O)[C@H](O)C(=O)/C=C\[C@@](C)(F)[C@H](C)OC2=O.Cc1cc(O)c2c(c1)/C=C/C[C@H](O)[C@H](O)C(=O)/C=C\[C@H](Cc1ccccc1)[C@H](C)OC2=O.Cc1cc(O)c2c(c1)/C=C/C[C@H](O)[C@H](O)C(=O)/C=C\[C@](C)(F)[C@H](C)OC2=O. The zero-order valence-electron chi connectivity index (χ0n) is 79.0. The van der Waals surface area contributed by atoms with Gasteiger partial charge in [-0.2, -0.15) is 13.2 Å². The Morgan fingerprint density at radius 2 is 0.631 bits per heavy atom. The van der Waals surface area contributed by atoms with E-state index in [9.17, 15) is 151 Å². The van der Waals surface area contributed by atoms with Crippen molar-refractivity contribution < 1.29 is 175 Å². The maximum atomic E-state index is 14.8. The fraction of sp³-hybridized carbons (Fsp3) is 0.371. The molecule has 5 aliphatic heterocycles. The third-order valence-electron chi connectivity index (χ3n) is 23.1. The molecule has 0 aliphatic carbocycles. The lowest BCUT2D eigenvalue weighted by atomic mass is 9.92. The normalized spacial score (nSPS) is 29.5. The van der Waals surface area contributed by atoms with Crippen molar-refractivity contribution >= 4 is 89.1 Å². The molecule has 0 aromatic heterocycles. The van der Waals surface area contributed by atoms with E-state index in [1.54, 1.807) is 84.0 Å². The number of aryl methyl sites for hydroxylation is 5. The van der Waals surface area contributed by atoms with Crippen molar-refractivity contribution in [1.29, 1.82) is 0 Å². The van der Waals surface area contributed by atoms with E-state index in [0.717, 1.165) is 61.4 Å². The zero-order valence-corrected chi connectivity index (χ0v) is 79.0. The number of rotatable bonds is 2. The Labute approximate surface area is 808 Å². The van der Waals surface area contributed by atoms with Crippen molar-refractivity contribution in [3.8, 4) is 28.7 Å². The van der Waals surface area contributed by atoms with Gasteiger partial charge in [0.05, 0.1) is 30.5 Å². The number of carbonyl (C=O) groups excluding carboxylic acids is 10. The number of phenolic OH excluding ortho intramolecular Hbond substituents is 5. The highest BCUT2D eigenvalue weighted by atomic mass is 19.4. The van der Waals surface area contributed by atoms with Gasteiger partial charge in [-0.05, 0) is 249 Å². The first-order chi connectivity index (χ1) is 65.9. The summed E-state index contributed by atoms with van der Waals surface area (Å²) < 4.78 is 109. The standard InChI is InChI=1S/C26H28O6.3C20H23FO6.C19H19F3O6/c1-16-13-20-9-6-10-21(27)25(30)22(28)12-11-19(15-18-7-4-3-5-8-18)17(2)32-26(31)24(20)23(29)14-16;1-10-7-13-5-4-6-15(22)19(25)18(24)14(21)9-11(2)12(3)27-20(26)17(13)16(23)8-10;2*1-11-9-13-5-4-6-14(22)18(25)15(23)7-8-20(3,21)12(2)27-19(26)17(13)16(24)10-11;1-10-8-11-4-2-5-12(23)17(26)13(24)6-3-7-15(19(20,21)22)28-18(27)16(11)14(25)9-10/h3-9,11-14,17,19,21,25,27,29-30H,10,15H2,1-2H3;4-5,7-9,11-12,15,19,22-23,25H,6H2,1-3H3;2*4-5,7-10,12,14,18,22,24-25H,6H2,1-3H3;2-4,6,8-9,12,15,17,23,25-26H,5,7H2,1H3/b9-6+,12-11-;5-4+,14-9+;2*5-4+,8-7-;4-2+,6-3-/t17-,19+,21-,25-;11-,12-,15-,19-;12-,14-,18-,20+;12-,14-,18-,20-;12-,15+,17-/m00000/s1. The number of esters is 5. The number of ketones is 5. The number of ether oxygens (including phenoxy) is 5. The largest absolute Gasteiger partial charge is 0.507 e. The van der Waals surface area contributed by atoms with Crippen LogP contribution in [0.3, 0.4) is 0 Å². The molecule has 0 bridgehead atoms. The van der Waals surface area contributed by atoms with Crippen molar-refractivity contribution in [2.45, 2.75) is 237 Å². The first-order valence-electron chi connectivity index (χ1n) is 44.6. The van der Waals surface area contributed by atoms with Crippen LogP contribution in [0.25, 0.3) is 30.4 Å². The van der Waals surface area contributed by atoms with Crippen molar-refractivity contribution in [2.24, 2.45) is 11.8 Å². The van der Waals surface area contributed by atoms with Gasteiger partial charge in [0.15, 0.2) is 40.3 Å². The van der Waals surface area contributed by atoms with E-state index in [-0.39, 0.29) is 88.8 Å². The molecule has 6 aromatic rings. The second kappa shape index (κ2) is 51.1. The minimum Gasteiger partial charge on any atom is -0.507 e. The molecule has 6 aromatic carbocycles. The zero-order chi connectivity index (χ0) is 105. The average molecular weight is 1970 g/mol. The Bertz CT molecular complexity index is 5720. The van der Waals surface area contributed by atoms with Crippen molar-refractivity contribution in [2.75, 3.05) is 0 Å². The molecule has 11 rings (SSSR count). The third kappa shape index (κ3) is 32.6. The van der Waals surface area contributed by atoms with Crippen LogP contribution >= 0.6 is 0 Å². The Morgan fingerprint density at radius 1 is 0.355 bits per heavy atom. The highest BCUT2D eigenvalue weighted by molar-refractivity contribution is 6.02. The van der Waals surface area contributed by atoms with Crippen LogP contribution in [0.5, 0.6) is 28.7 Å². The van der Waals surface area contributed by atoms with Gasteiger partial charge in [0.25, 0.3) is 0 Å². The molecular formula is C105H116F6O30. The molecule has 36 heteroatoms. The van der Waals surface area contributed by atoms with Crippen LogP contribution < -0.4 is 0 Å². The molecule has 0 fully saturated rings. The molecule has 0 amide bonds. The number of aromatic hydroxyl groups is 5. The summed E-state index contributed by atoms with van der Waals surface area (Å²) in [6.45, 7) is 18.2. The summed E-state index contributed by atoms with van der Waals surface area (Å²) in [4.78, 5) is 123. The molecule has 0 saturated carbocycles. The van der Waals surface area contributed by atoms with Crippen molar-refractivity contribution in [1.82, 2.24) is 0 Å². The number of benzene rings is 6. The molecule has 758 valence electrons. The summed E-state index contributed by atoms with van der Waals surface area (Å²) in [5, 5.41) is 151. The summed E-state index contributed by atoms with van der Waals surface area (Å²) in [5.41, 5.74) is 0.632. The second-order valence-corrected chi connectivity index (χ2v) is 34.9. The fourth-order valence-corrected chi connectivity index (χ4v) is 14.3. The number of Topliss-reactive ketones (excluding diaryl/α,β-unsaturated/α-hetero) is 1. The van der Waals surface area contributed by atoms with E-state index in [4.69, 9.17) is 18.9 Å². The quantitative estimate of drug-likeness (QED) is 0.0435. The predicted octanol–water partition coefficient (Wildman–Crippen LogP) is 12.7. The highest BCUT2D eigenvalue weighted by Crippen LogP contribution is 2.37. The van der Waals surface area contributed by atoms with Gasteiger partial charge in [0.2, 0.25) is 11.9 Å². The molecule has 0 unspecified atom stereocenters. The fourth-order valence-electron chi connectivity index (χ4n) is 14.3. The summed E-state index contributed by atoms with van der Waals surface area (Å²) >= 11 is 0. The summed E-state index contributed by atoms with van der Waals surface area (Å²) in [7, 11) is 0. The molecule has 0 saturated heterocycles. The van der Waals surface area contributed by atoms with Gasteiger partial charge >= 0.3 is 36.0 Å². The summed E-state index contributed by atoms with van der Waals surface area (Å²) in [5.74, 6) is -13.1. The van der Waals surface area contributed by atoms with E-state index < -0.39 is 197 Å². The molecule has 30 nitrogen and oxygen atoms in total. The Hall–Kier alpha value is -13.4. The van der Waals surface area contributed by atoms with E-state index in [1.807, 2.05) is 30.3 Å². The van der Waals surface area contributed by atoms with Crippen LogP contribution in [0.2, 0.25) is 0 Å². The van der Waals surface area contributed by atoms with E-state index >= 15 is 0 Å². The van der Waals surface area contributed by atoms with Crippen molar-refractivity contribution in [3.63, 3.8) is 0 Å². The third-order valence-corrected chi connectivity index (χ3v) is 23.1. The van der Waals surface area contributed by atoms with Crippen molar-refractivity contribution in [3.05, 3.63) is 271 Å². The number of aliphatic hydroxyl groups is 10. The van der Waals surface area contributed by atoms with E-state index in [0.29, 0.717) is 57.0 Å². The maximum absolute atomic E-state index is 14.8. The predicted molar refractivity (Wildman–Crippen MR) is 505 cm³/mol. The smallest absolute Gasteiger partial charge is 0.425 e. The topological polar surface area (TPSA) is 520 Å². The van der Waals surface area contributed by atoms with Crippen LogP contribution in [-0.2, 0) is 54.1 Å². The van der Waals surface area contributed by atoms with Gasteiger partial charge in [-0.25, -0.2) is 37.1 Å². The summed E-state index contributed by atoms with van der Waals surface area (Å²) in [6, 6.07) is 24.5. The molecule has 19 atom stereocenters. The van der Waals surface area contributed by atoms with Gasteiger partial charge in [0.1, 0.15) is 112 Å². The number of carbonyl (C=O) groups is 10.